The highest BCUT2D eigenvalue weighted by atomic mass is 16.5. The van der Waals surface area contributed by atoms with Gasteiger partial charge in [-0.2, -0.15) is 5.10 Å². The van der Waals surface area contributed by atoms with Crippen LogP contribution in [0, 0.1) is 6.92 Å². The van der Waals surface area contributed by atoms with Gasteiger partial charge in [-0.15, -0.1) is 0 Å². The number of aromatic nitrogens is 3. The predicted molar refractivity (Wildman–Crippen MR) is 136 cm³/mol. The van der Waals surface area contributed by atoms with Gasteiger partial charge in [-0.25, -0.2) is 4.98 Å². The third-order valence-electron chi connectivity index (χ3n) is 6.63. The number of hydrogen-bond acceptors (Lipinski definition) is 6. The van der Waals surface area contributed by atoms with Gasteiger partial charge in [-0.3, -0.25) is 9.48 Å². The largest absolute Gasteiger partial charge is 0.497 e. The minimum atomic E-state index is -0.0197. The number of ether oxygens (including phenoxy) is 2. The zero-order valence-electron chi connectivity index (χ0n) is 20.5. The molecule has 0 atom stereocenters. The van der Waals surface area contributed by atoms with Gasteiger partial charge >= 0.3 is 0 Å². The zero-order valence-corrected chi connectivity index (χ0v) is 20.5. The minimum Gasteiger partial charge on any atom is -0.497 e. The van der Waals surface area contributed by atoms with Gasteiger partial charge in [0.15, 0.2) is 5.69 Å². The second-order valence-electron chi connectivity index (χ2n) is 8.69. The Bertz CT molecular complexity index is 1370. The monoisotopic (exact) mass is 471 g/mol. The Morgan fingerprint density at radius 1 is 0.914 bits per heavy atom. The van der Waals surface area contributed by atoms with Crippen LogP contribution in [0.25, 0.3) is 22.0 Å². The van der Waals surface area contributed by atoms with Crippen LogP contribution in [0.2, 0.25) is 0 Å². The number of anilines is 1. The molecule has 2 aromatic carbocycles. The van der Waals surface area contributed by atoms with Crippen molar-refractivity contribution >= 4 is 22.6 Å². The summed E-state index contributed by atoms with van der Waals surface area (Å²) in [5.41, 5.74) is 4.35. The lowest BCUT2D eigenvalue weighted by Gasteiger charge is -2.35. The summed E-state index contributed by atoms with van der Waals surface area (Å²) in [5.74, 6) is 2.36. The number of fused-ring (bicyclic) bond motifs is 1. The number of carbonyl (C=O) groups excluding carboxylic acids is 1. The Morgan fingerprint density at radius 2 is 1.71 bits per heavy atom. The lowest BCUT2D eigenvalue weighted by Crippen LogP contribution is -2.49. The Morgan fingerprint density at radius 3 is 2.40 bits per heavy atom. The van der Waals surface area contributed by atoms with Gasteiger partial charge in [0, 0.05) is 61.5 Å². The molecule has 1 fully saturated rings. The van der Waals surface area contributed by atoms with E-state index in [1.165, 1.54) is 0 Å². The van der Waals surface area contributed by atoms with Crippen molar-refractivity contribution in [3.8, 4) is 22.6 Å². The predicted octanol–water partition coefficient (Wildman–Crippen LogP) is 3.92. The average Bonchev–Trinajstić information content (AvgIpc) is 3.25. The van der Waals surface area contributed by atoms with E-state index in [1.807, 2.05) is 49.2 Å². The van der Waals surface area contributed by atoms with E-state index in [-0.39, 0.29) is 5.91 Å². The fourth-order valence-electron chi connectivity index (χ4n) is 4.52. The van der Waals surface area contributed by atoms with Crippen LogP contribution in [-0.4, -0.2) is 66.0 Å². The van der Waals surface area contributed by atoms with E-state index in [4.69, 9.17) is 14.5 Å². The van der Waals surface area contributed by atoms with Crippen LogP contribution < -0.4 is 14.4 Å². The lowest BCUT2D eigenvalue weighted by molar-refractivity contribution is 0.0740. The first-order valence-corrected chi connectivity index (χ1v) is 11.7. The second-order valence-corrected chi connectivity index (χ2v) is 8.69. The number of nitrogens with zero attached hydrogens (tertiary/aromatic N) is 5. The number of rotatable bonds is 5. The highest BCUT2D eigenvalue weighted by molar-refractivity contribution is 5.96. The number of aryl methyl sites for hydroxylation is 2. The van der Waals surface area contributed by atoms with Crippen molar-refractivity contribution in [2.45, 2.75) is 6.92 Å². The molecule has 35 heavy (non-hydrogen) atoms. The van der Waals surface area contributed by atoms with Crippen molar-refractivity contribution in [3.63, 3.8) is 0 Å². The first kappa shape index (κ1) is 22.7. The van der Waals surface area contributed by atoms with Gasteiger partial charge in [-0.1, -0.05) is 18.2 Å². The molecule has 4 aromatic rings. The van der Waals surface area contributed by atoms with Crippen molar-refractivity contribution in [3.05, 3.63) is 66.0 Å². The van der Waals surface area contributed by atoms with Crippen LogP contribution in [0.5, 0.6) is 11.5 Å². The maximum atomic E-state index is 12.9. The maximum Gasteiger partial charge on any atom is 0.274 e. The normalized spacial score (nSPS) is 13.8. The summed E-state index contributed by atoms with van der Waals surface area (Å²) >= 11 is 0. The van der Waals surface area contributed by atoms with Crippen LogP contribution in [0.15, 0.2) is 54.6 Å². The van der Waals surface area contributed by atoms with Crippen molar-refractivity contribution in [2.75, 3.05) is 45.3 Å². The fraction of sp³-hybridized carbons (Fsp3) is 0.296. The second kappa shape index (κ2) is 9.29. The summed E-state index contributed by atoms with van der Waals surface area (Å²) in [6.07, 6.45) is 0. The molecule has 0 radical (unpaired) electrons. The summed E-state index contributed by atoms with van der Waals surface area (Å²) in [6, 6.07) is 18.0. The number of hydrogen-bond donors (Lipinski definition) is 0. The number of carbonyl (C=O) groups is 1. The van der Waals surface area contributed by atoms with Crippen molar-refractivity contribution in [2.24, 2.45) is 7.05 Å². The Labute approximate surface area is 204 Å². The maximum absolute atomic E-state index is 12.9. The van der Waals surface area contributed by atoms with Crippen molar-refractivity contribution in [1.29, 1.82) is 0 Å². The molecule has 5 rings (SSSR count). The molecule has 1 aliphatic rings. The summed E-state index contributed by atoms with van der Waals surface area (Å²) < 4.78 is 12.7. The van der Waals surface area contributed by atoms with Gasteiger partial charge in [0.05, 0.1) is 19.7 Å². The Kier molecular flexibility index (Phi) is 6.03. The third-order valence-corrected chi connectivity index (χ3v) is 6.63. The Balaban J connectivity index is 1.40. The molecule has 0 unspecified atom stereocenters. The van der Waals surface area contributed by atoms with Gasteiger partial charge in [0.25, 0.3) is 5.91 Å². The van der Waals surface area contributed by atoms with Crippen LogP contribution in [0.4, 0.5) is 5.82 Å². The number of pyridine rings is 1. The molecule has 180 valence electrons. The Hall–Kier alpha value is -4.07. The number of amides is 1. The van der Waals surface area contributed by atoms with Crippen molar-refractivity contribution in [1.82, 2.24) is 19.7 Å². The molecule has 1 saturated heterocycles. The highest BCUT2D eigenvalue weighted by Gasteiger charge is 2.25. The van der Waals surface area contributed by atoms with E-state index in [9.17, 15) is 4.79 Å². The van der Waals surface area contributed by atoms with Gasteiger partial charge in [0.1, 0.15) is 17.3 Å². The topological polar surface area (TPSA) is 72.7 Å². The average molecular weight is 472 g/mol. The standard InChI is InChI=1S/C27H29N5O3/c1-18-16-23(29-30(18)2)27(33)32-14-12-31(13-15-32)25-11-8-19-6-5-7-22(26(19)28-25)21-10-9-20(34-3)17-24(21)35-4/h5-11,16-17H,12-15H2,1-4H3. The molecule has 1 aliphatic heterocycles. The van der Waals surface area contributed by atoms with Gasteiger partial charge in [-0.05, 0) is 37.3 Å². The molecule has 0 N–H and O–H groups in total. The number of para-hydroxylation sites is 1. The summed E-state index contributed by atoms with van der Waals surface area (Å²) in [4.78, 5) is 22.0. The van der Waals surface area contributed by atoms with E-state index in [1.54, 1.807) is 18.9 Å². The smallest absolute Gasteiger partial charge is 0.274 e. The molecule has 0 spiro atoms. The van der Waals surface area contributed by atoms with E-state index in [2.05, 4.69) is 34.3 Å². The van der Waals surface area contributed by atoms with Crippen LogP contribution in [0.3, 0.4) is 0 Å². The highest BCUT2D eigenvalue weighted by Crippen LogP contribution is 2.37. The lowest BCUT2D eigenvalue weighted by atomic mass is 10.0. The SMILES string of the molecule is COc1ccc(-c2cccc3ccc(N4CCN(C(=O)c5cc(C)n(C)n5)CC4)nc23)c(OC)c1. The molecule has 8 heteroatoms. The first-order valence-electron chi connectivity index (χ1n) is 11.7. The quantitative estimate of drug-likeness (QED) is 0.439. The molecule has 0 bridgehead atoms. The molecule has 2 aromatic heterocycles. The van der Waals surface area contributed by atoms with E-state index >= 15 is 0 Å². The molecular formula is C27H29N5O3. The van der Waals surface area contributed by atoms with E-state index < -0.39 is 0 Å². The zero-order chi connectivity index (χ0) is 24.5. The summed E-state index contributed by atoms with van der Waals surface area (Å²) in [5, 5.41) is 5.40. The van der Waals surface area contributed by atoms with Crippen LogP contribution in [-0.2, 0) is 7.05 Å². The number of benzene rings is 2. The number of piperazine rings is 1. The minimum absolute atomic E-state index is 0.0197. The van der Waals surface area contributed by atoms with E-state index in [0.717, 1.165) is 45.0 Å². The molecule has 3 heterocycles. The summed E-state index contributed by atoms with van der Waals surface area (Å²) in [7, 11) is 5.16. The molecule has 8 nitrogen and oxygen atoms in total. The van der Waals surface area contributed by atoms with Gasteiger partial charge in [0.2, 0.25) is 0 Å². The first-order chi connectivity index (χ1) is 17.0. The van der Waals surface area contributed by atoms with Crippen LogP contribution in [0.1, 0.15) is 16.2 Å². The van der Waals surface area contributed by atoms with E-state index in [0.29, 0.717) is 31.9 Å². The van der Waals surface area contributed by atoms with Crippen molar-refractivity contribution < 1.29 is 14.3 Å². The third kappa shape index (κ3) is 4.27. The fourth-order valence-corrected chi connectivity index (χ4v) is 4.52. The van der Waals surface area contributed by atoms with Crippen LogP contribution >= 0.6 is 0 Å². The molecular weight excluding hydrogens is 442 g/mol. The van der Waals surface area contributed by atoms with Gasteiger partial charge < -0.3 is 19.3 Å². The molecule has 1 amide bonds. The number of methoxy groups -OCH3 is 2. The molecule has 0 saturated carbocycles. The molecule has 0 aliphatic carbocycles. The summed E-state index contributed by atoms with van der Waals surface area (Å²) in [6.45, 7) is 4.63.